The molecule has 1 aliphatic rings. The maximum absolute atomic E-state index is 5.90. The highest BCUT2D eigenvalue weighted by Gasteiger charge is 2.25. The SMILES string of the molecule is Cc1sc(CN2CCC(C)CC2CN)cc1Br. The van der Waals surface area contributed by atoms with E-state index in [0.29, 0.717) is 6.04 Å². The lowest BCUT2D eigenvalue weighted by Crippen LogP contribution is -2.45. The zero-order valence-electron chi connectivity index (χ0n) is 10.6. The Morgan fingerprint density at radius 2 is 2.35 bits per heavy atom. The fourth-order valence-corrected chi connectivity index (χ4v) is 4.18. The van der Waals surface area contributed by atoms with Crippen molar-refractivity contribution in [1.82, 2.24) is 4.90 Å². The van der Waals surface area contributed by atoms with Gasteiger partial charge < -0.3 is 5.73 Å². The van der Waals surface area contributed by atoms with Crippen molar-refractivity contribution in [3.05, 3.63) is 20.3 Å². The van der Waals surface area contributed by atoms with Crippen molar-refractivity contribution in [3.8, 4) is 0 Å². The molecule has 2 heterocycles. The van der Waals surface area contributed by atoms with Gasteiger partial charge in [-0.3, -0.25) is 4.90 Å². The lowest BCUT2D eigenvalue weighted by atomic mass is 9.92. The molecule has 1 saturated heterocycles. The summed E-state index contributed by atoms with van der Waals surface area (Å²) in [5.41, 5.74) is 5.90. The number of likely N-dealkylation sites (tertiary alicyclic amines) is 1. The molecule has 2 nitrogen and oxygen atoms in total. The fraction of sp³-hybridized carbons (Fsp3) is 0.692. The maximum Gasteiger partial charge on any atom is 0.0331 e. The van der Waals surface area contributed by atoms with Crippen LogP contribution in [0, 0.1) is 12.8 Å². The van der Waals surface area contributed by atoms with Crippen LogP contribution >= 0.6 is 27.3 Å². The van der Waals surface area contributed by atoms with Crippen LogP contribution in [0.1, 0.15) is 29.5 Å². The van der Waals surface area contributed by atoms with E-state index in [0.717, 1.165) is 19.0 Å². The molecule has 1 aromatic heterocycles. The van der Waals surface area contributed by atoms with Crippen LogP contribution in [0.5, 0.6) is 0 Å². The first-order valence-electron chi connectivity index (χ1n) is 6.29. The van der Waals surface area contributed by atoms with Crippen LogP contribution in [-0.4, -0.2) is 24.0 Å². The van der Waals surface area contributed by atoms with E-state index < -0.39 is 0 Å². The Labute approximate surface area is 116 Å². The van der Waals surface area contributed by atoms with Crippen molar-refractivity contribution >= 4 is 27.3 Å². The lowest BCUT2D eigenvalue weighted by Gasteiger charge is -2.37. The van der Waals surface area contributed by atoms with E-state index in [1.165, 1.54) is 33.6 Å². The van der Waals surface area contributed by atoms with Crippen molar-refractivity contribution in [1.29, 1.82) is 0 Å². The molecule has 0 aromatic carbocycles. The van der Waals surface area contributed by atoms with E-state index in [1.54, 1.807) is 0 Å². The molecule has 0 aliphatic carbocycles. The molecule has 0 radical (unpaired) electrons. The molecule has 0 amide bonds. The zero-order chi connectivity index (χ0) is 12.4. The predicted molar refractivity (Wildman–Crippen MR) is 78.4 cm³/mol. The molecule has 17 heavy (non-hydrogen) atoms. The molecule has 2 unspecified atom stereocenters. The average molecular weight is 317 g/mol. The maximum atomic E-state index is 5.90. The molecule has 0 bridgehead atoms. The minimum Gasteiger partial charge on any atom is -0.329 e. The first kappa shape index (κ1) is 13.5. The molecule has 0 saturated carbocycles. The van der Waals surface area contributed by atoms with Gasteiger partial charge in [-0.05, 0) is 54.2 Å². The van der Waals surface area contributed by atoms with Crippen LogP contribution in [0.2, 0.25) is 0 Å². The van der Waals surface area contributed by atoms with Crippen molar-refractivity contribution in [3.63, 3.8) is 0 Å². The first-order valence-corrected chi connectivity index (χ1v) is 7.90. The topological polar surface area (TPSA) is 29.3 Å². The lowest BCUT2D eigenvalue weighted by molar-refractivity contribution is 0.116. The van der Waals surface area contributed by atoms with Gasteiger partial charge in [-0.25, -0.2) is 0 Å². The summed E-state index contributed by atoms with van der Waals surface area (Å²) < 4.78 is 1.24. The molecule has 2 rings (SSSR count). The summed E-state index contributed by atoms with van der Waals surface area (Å²) in [6.07, 6.45) is 2.56. The van der Waals surface area contributed by atoms with Gasteiger partial charge in [0.1, 0.15) is 0 Å². The number of aryl methyl sites for hydroxylation is 1. The molecule has 1 aromatic rings. The van der Waals surface area contributed by atoms with E-state index in [4.69, 9.17) is 5.73 Å². The van der Waals surface area contributed by atoms with Crippen LogP contribution in [0.15, 0.2) is 10.5 Å². The third-order valence-electron chi connectivity index (χ3n) is 3.64. The largest absolute Gasteiger partial charge is 0.329 e. The third kappa shape index (κ3) is 3.31. The van der Waals surface area contributed by atoms with Gasteiger partial charge in [0, 0.05) is 33.4 Å². The van der Waals surface area contributed by atoms with Crippen molar-refractivity contribution in [2.24, 2.45) is 11.7 Å². The quantitative estimate of drug-likeness (QED) is 0.926. The van der Waals surface area contributed by atoms with Crippen LogP contribution in [0.25, 0.3) is 0 Å². The zero-order valence-corrected chi connectivity index (χ0v) is 13.0. The Morgan fingerprint density at radius 3 is 2.94 bits per heavy atom. The molecule has 96 valence electrons. The van der Waals surface area contributed by atoms with E-state index in [2.05, 4.69) is 40.7 Å². The van der Waals surface area contributed by atoms with E-state index in [-0.39, 0.29) is 0 Å². The number of hydrogen-bond acceptors (Lipinski definition) is 3. The van der Waals surface area contributed by atoms with Gasteiger partial charge in [-0.1, -0.05) is 6.92 Å². The standard InChI is InChI=1S/C13H21BrN2S/c1-9-3-4-16(11(5-9)7-15)8-12-6-13(14)10(2)17-12/h6,9,11H,3-5,7-8,15H2,1-2H3. The minimum absolute atomic E-state index is 0.569. The van der Waals surface area contributed by atoms with Crippen LogP contribution in [0.4, 0.5) is 0 Å². The smallest absolute Gasteiger partial charge is 0.0331 e. The van der Waals surface area contributed by atoms with Gasteiger partial charge in [-0.15, -0.1) is 11.3 Å². The number of hydrogen-bond donors (Lipinski definition) is 1. The number of nitrogens with zero attached hydrogens (tertiary/aromatic N) is 1. The normalized spacial score (nSPS) is 26.4. The molecule has 1 aliphatic heterocycles. The summed E-state index contributed by atoms with van der Waals surface area (Å²) in [4.78, 5) is 5.37. The predicted octanol–water partition coefficient (Wildman–Crippen LogP) is 3.38. The third-order valence-corrected chi connectivity index (χ3v) is 5.76. The molecule has 0 spiro atoms. The van der Waals surface area contributed by atoms with Crippen LogP contribution in [0.3, 0.4) is 0 Å². The first-order chi connectivity index (χ1) is 8.10. The molecule has 1 fully saturated rings. The number of piperidine rings is 1. The Balaban J connectivity index is 2.02. The van der Waals surface area contributed by atoms with Gasteiger partial charge in [0.25, 0.3) is 0 Å². The Kier molecular flexibility index (Phi) is 4.64. The van der Waals surface area contributed by atoms with Gasteiger partial charge in [0.05, 0.1) is 0 Å². The van der Waals surface area contributed by atoms with Gasteiger partial charge in [0.15, 0.2) is 0 Å². The molecule has 4 heteroatoms. The Morgan fingerprint density at radius 1 is 1.59 bits per heavy atom. The van der Waals surface area contributed by atoms with Crippen molar-refractivity contribution < 1.29 is 0 Å². The highest BCUT2D eigenvalue weighted by atomic mass is 79.9. The number of thiophene rings is 1. The highest BCUT2D eigenvalue weighted by Crippen LogP contribution is 2.30. The summed E-state index contributed by atoms with van der Waals surface area (Å²) in [6.45, 7) is 7.54. The molecule has 2 atom stereocenters. The van der Waals surface area contributed by atoms with Crippen LogP contribution < -0.4 is 5.73 Å². The van der Waals surface area contributed by atoms with E-state index >= 15 is 0 Å². The average Bonchev–Trinajstić information content (AvgIpc) is 2.60. The van der Waals surface area contributed by atoms with E-state index in [9.17, 15) is 0 Å². The van der Waals surface area contributed by atoms with Gasteiger partial charge in [-0.2, -0.15) is 0 Å². The van der Waals surface area contributed by atoms with Crippen LogP contribution in [-0.2, 0) is 6.54 Å². The number of nitrogens with two attached hydrogens (primary N) is 1. The van der Waals surface area contributed by atoms with Crippen molar-refractivity contribution in [2.75, 3.05) is 13.1 Å². The second-order valence-corrected chi connectivity index (χ2v) is 7.30. The molecular weight excluding hydrogens is 296 g/mol. The Bertz CT molecular complexity index is 358. The molecule has 2 N–H and O–H groups in total. The number of halogens is 1. The monoisotopic (exact) mass is 316 g/mol. The van der Waals surface area contributed by atoms with Gasteiger partial charge in [0.2, 0.25) is 0 Å². The summed E-state index contributed by atoms with van der Waals surface area (Å²) in [7, 11) is 0. The van der Waals surface area contributed by atoms with E-state index in [1.807, 2.05) is 11.3 Å². The fourth-order valence-electron chi connectivity index (χ4n) is 2.55. The molecular formula is C13H21BrN2S. The second kappa shape index (κ2) is 5.83. The summed E-state index contributed by atoms with van der Waals surface area (Å²) in [5, 5.41) is 0. The summed E-state index contributed by atoms with van der Waals surface area (Å²) in [5.74, 6) is 0.830. The minimum atomic E-state index is 0.569. The van der Waals surface area contributed by atoms with Gasteiger partial charge >= 0.3 is 0 Å². The summed E-state index contributed by atoms with van der Waals surface area (Å²) in [6, 6.07) is 2.82. The highest BCUT2D eigenvalue weighted by molar-refractivity contribution is 9.10. The summed E-state index contributed by atoms with van der Waals surface area (Å²) >= 11 is 5.48. The second-order valence-electron chi connectivity index (χ2n) is 5.11. The Hall–Kier alpha value is 0.100. The van der Waals surface area contributed by atoms with Crippen molar-refractivity contribution in [2.45, 2.75) is 39.3 Å². The number of rotatable bonds is 3.